The second kappa shape index (κ2) is 10.8. The number of aryl methyl sites for hydroxylation is 2. The third-order valence-electron chi connectivity index (χ3n) is 4.44. The number of carbonyl (C=O) groups is 3. The molecule has 1 atom stereocenters. The molecule has 2 aromatic carbocycles. The van der Waals surface area contributed by atoms with E-state index >= 15 is 0 Å². The van der Waals surface area contributed by atoms with Crippen molar-refractivity contribution in [2.24, 2.45) is 0 Å². The number of esters is 1. The Balaban J connectivity index is 1.84. The lowest BCUT2D eigenvalue weighted by atomic mass is 10.0. The first kappa shape index (κ1) is 21.9. The molecule has 0 saturated heterocycles. The number of methoxy groups -OCH3 is 1. The molecule has 7 nitrogen and oxygen atoms in total. The molecule has 0 unspecified atom stereocenters. The molecule has 29 heavy (non-hydrogen) atoms. The molecule has 2 rings (SSSR count). The predicted octanol–water partition coefficient (Wildman–Crippen LogP) is 2.43. The molecule has 2 N–H and O–H groups in total. The highest BCUT2D eigenvalue weighted by atomic mass is 16.5. The van der Waals surface area contributed by atoms with Crippen LogP contribution in [0.5, 0.6) is 0 Å². The summed E-state index contributed by atoms with van der Waals surface area (Å²) < 4.78 is 9.84. The van der Waals surface area contributed by atoms with Crippen LogP contribution in [0.2, 0.25) is 0 Å². The van der Waals surface area contributed by atoms with Gasteiger partial charge in [0.2, 0.25) is 5.91 Å². The predicted molar refractivity (Wildman–Crippen MR) is 108 cm³/mol. The number of hydrogen-bond acceptors (Lipinski definition) is 5. The van der Waals surface area contributed by atoms with Gasteiger partial charge in [0.25, 0.3) is 0 Å². The maximum absolute atomic E-state index is 12.2. The molecule has 0 aliphatic rings. The summed E-state index contributed by atoms with van der Waals surface area (Å²) in [5.74, 6) is -1.07. The fourth-order valence-electron chi connectivity index (χ4n) is 2.67. The fraction of sp³-hybridized carbons (Fsp3) is 0.318. The van der Waals surface area contributed by atoms with Gasteiger partial charge < -0.3 is 20.1 Å². The first-order valence-corrected chi connectivity index (χ1v) is 9.27. The lowest BCUT2D eigenvalue weighted by Crippen LogP contribution is -2.47. The second-order valence-electron chi connectivity index (χ2n) is 6.68. The molecular formula is C22H26N2O5. The molecule has 7 heteroatoms. The fourth-order valence-corrected chi connectivity index (χ4v) is 2.67. The Morgan fingerprint density at radius 2 is 1.69 bits per heavy atom. The molecule has 2 aromatic rings. The SMILES string of the molecule is COC(=O)[C@H](Cc1ccc(C)c(C)c1)NC(=O)CNC(=O)OCc1ccccc1. The maximum Gasteiger partial charge on any atom is 0.407 e. The van der Waals surface area contributed by atoms with Crippen LogP contribution in [0.25, 0.3) is 0 Å². The Morgan fingerprint density at radius 3 is 2.34 bits per heavy atom. The summed E-state index contributed by atoms with van der Waals surface area (Å²) in [6.07, 6.45) is -0.425. The highest BCUT2D eigenvalue weighted by molar-refractivity contribution is 5.87. The topological polar surface area (TPSA) is 93.7 Å². The molecule has 0 aliphatic heterocycles. The Hall–Kier alpha value is -3.35. The van der Waals surface area contributed by atoms with Crippen molar-refractivity contribution < 1.29 is 23.9 Å². The average molecular weight is 398 g/mol. The van der Waals surface area contributed by atoms with E-state index in [9.17, 15) is 14.4 Å². The molecule has 0 spiro atoms. The Morgan fingerprint density at radius 1 is 0.966 bits per heavy atom. The minimum absolute atomic E-state index is 0.103. The van der Waals surface area contributed by atoms with Gasteiger partial charge in [-0.3, -0.25) is 4.79 Å². The van der Waals surface area contributed by atoms with Crippen molar-refractivity contribution in [3.8, 4) is 0 Å². The van der Waals surface area contributed by atoms with Gasteiger partial charge in [-0.1, -0.05) is 48.5 Å². The summed E-state index contributed by atoms with van der Waals surface area (Å²) in [5, 5.41) is 4.97. The number of nitrogens with one attached hydrogen (secondary N) is 2. The summed E-state index contributed by atoms with van der Waals surface area (Å²) in [6.45, 7) is 3.77. The number of rotatable bonds is 8. The summed E-state index contributed by atoms with van der Waals surface area (Å²) in [6, 6.07) is 14.2. The van der Waals surface area contributed by atoms with Gasteiger partial charge in [0.15, 0.2) is 0 Å². The molecule has 0 saturated carbocycles. The Kier molecular flexibility index (Phi) is 8.21. The van der Waals surface area contributed by atoms with Gasteiger partial charge >= 0.3 is 12.1 Å². The summed E-state index contributed by atoms with van der Waals surface area (Å²) in [4.78, 5) is 36.0. The number of ether oxygens (including phenoxy) is 2. The van der Waals surface area contributed by atoms with E-state index in [-0.39, 0.29) is 19.6 Å². The standard InChI is InChI=1S/C22H26N2O5/c1-15-9-10-18(11-16(15)2)12-19(21(26)28-3)24-20(25)13-23-22(27)29-14-17-7-5-4-6-8-17/h4-11,19H,12-14H2,1-3H3,(H,23,27)(H,24,25)/t19-/m0/s1. The van der Waals surface area contributed by atoms with Gasteiger partial charge in [0.1, 0.15) is 19.2 Å². The molecule has 0 radical (unpaired) electrons. The molecular weight excluding hydrogens is 372 g/mol. The van der Waals surface area contributed by atoms with Crippen LogP contribution in [-0.2, 0) is 32.1 Å². The third kappa shape index (κ3) is 7.29. The number of hydrogen-bond donors (Lipinski definition) is 2. The van der Waals surface area contributed by atoms with Gasteiger partial charge in [0, 0.05) is 6.42 Å². The van der Waals surface area contributed by atoms with Gasteiger partial charge in [-0.05, 0) is 36.1 Å². The lowest BCUT2D eigenvalue weighted by Gasteiger charge is -2.17. The smallest absolute Gasteiger partial charge is 0.407 e. The minimum atomic E-state index is -0.850. The van der Waals surface area contributed by atoms with Crippen LogP contribution in [0.15, 0.2) is 48.5 Å². The van der Waals surface area contributed by atoms with E-state index in [1.165, 1.54) is 7.11 Å². The maximum atomic E-state index is 12.2. The molecule has 0 heterocycles. The van der Waals surface area contributed by atoms with Crippen molar-refractivity contribution in [1.29, 1.82) is 0 Å². The van der Waals surface area contributed by atoms with Crippen molar-refractivity contribution in [1.82, 2.24) is 10.6 Å². The summed E-state index contributed by atoms with van der Waals surface area (Å²) in [7, 11) is 1.26. The van der Waals surface area contributed by atoms with Crippen LogP contribution in [0.4, 0.5) is 4.79 Å². The zero-order valence-corrected chi connectivity index (χ0v) is 16.9. The van der Waals surface area contributed by atoms with Crippen LogP contribution >= 0.6 is 0 Å². The Labute approximate surface area is 170 Å². The Bertz CT molecular complexity index is 852. The van der Waals surface area contributed by atoms with Crippen molar-refractivity contribution in [2.45, 2.75) is 32.9 Å². The number of alkyl carbamates (subject to hydrolysis) is 1. The highest BCUT2D eigenvalue weighted by Gasteiger charge is 2.22. The summed E-state index contributed by atoms with van der Waals surface area (Å²) in [5.41, 5.74) is 3.98. The van der Waals surface area contributed by atoms with Crippen molar-refractivity contribution in [3.05, 3.63) is 70.8 Å². The van der Waals surface area contributed by atoms with Gasteiger partial charge in [-0.2, -0.15) is 0 Å². The summed E-state index contributed by atoms with van der Waals surface area (Å²) >= 11 is 0. The molecule has 2 amide bonds. The number of benzene rings is 2. The molecule has 154 valence electrons. The van der Waals surface area contributed by atoms with E-state index < -0.39 is 24.0 Å². The largest absolute Gasteiger partial charge is 0.467 e. The second-order valence-corrected chi connectivity index (χ2v) is 6.68. The first-order valence-electron chi connectivity index (χ1n) is 9.27. The van der Waals surface area contributed by atoms with Crippen LogP contribution in [-0.4, -0.2) is 37.7 Å². The van der Waals surface area contributed by atoms with Crippen LogP contribution in [0.3, 0.4) is 0 Å². The van der Waals surface area contributed by atoms with E-state index in [0.717, 1.165) is 22.3 Å². The third-order valence-corrected chi connectivity index (χ3v) is 4.44. The lowest BCUT2D eigenvalue weighted by molar-refractivity contribution is -0.144. The van der Waals surface area contributed by atoms with E-state index in [1.807, 2.05) is 62.4 Å². The van der Waals surface area contributed by atoms with E-state index in [4.69, 9.17) is 9.47 Å². The van der Waals surface area contributed by atoms with Crippen LogP contribution < -0.4 is 10.6 Å². The highest BCUT2D eigenvalue weighted by Crippen LogP contribution is 2.12. The first-order chi connectivity index (χ1) is 13.9. The zero-order chi connectivity index (χ0) is 21.2. The van der Waals surface area contributed by atoms with Crippen molar-refractivity contribution >= 4 is 18.0 Å². The quantitative estimate of drug-likeness (QED) is 0.666. The van der Waals surface area contributed by atoms with E-state index in [0.29, 0.717) is 0 Å². The van der Waals surface area contributed by atoms with Crippen molar-refractivity contribution in [2.75, 3.05) is 13.7 Å². The normalized spacial score (nSPS) is 11.3. The molecule has 0 aliphatic carbocycles. The monoisotopic (exact) mass is 398 g/mol. The van der Waals surface area contributed by atoms with Gasteiger partial charge in [-0.15, -0.1) is 0 Å². The molecule has 0 fully saturated rings. The van der Waals surface area contributed by atoms with Gasteiger partial charge in [0.05, 0.1) is 7.11 Å². The van der Waals surface area contributed by atoms with E-state index in [1.54, 1.807) is 0 Å². The van der Waals surface area contributed by atoms with Crippen LogP contribution in [0.1, 0.15) is 22.3 Å². The molecule has 0 bridgehead atoms. The van der Waals surface area contributed by atoms with Gasteiger partial charge in [-0.25, -0.2) is 9.59 Å². The average Bonchev–Trinajstić information content (AvgIpc) is 2.73. The number of carbonyl (C=O) groups excluding carboxylic acids is 3. The number of amides is 2. The van der Waals surface area contributed by atoms with E-state index in [2.05, 4.69) is 10.6 Å². The zero-order valence-electron chi connectivity index (χ0n) is 16.9. The van der Waals surface area contributed by atoms with Crippen LogP contribution in [0, 0.1) is 13.8 Å². The minimum Gasteiger partial charge on any atom is -0.467 e. The van der Waals surface area contributed by atoms with Crippen molar-refractivity contribution in [3.63, 3.8) is 0 Å². The molecule has 0 aromatic heterocycles.